The van der Waals surface area contributed by atoms with E-state index in [1.54, 1.807) is 18.2 Å². The fourth-order valence-electron chi connectivity index (χ4n) is 1.38. The number of carbonyl (C=O) groups is 1. The summed E-state index contributed by atoms with van der Waals surface area (Å²) in [6.07, 6.45) is -0.412. The highest BCUT2D eigenvalue weighted by Crippen LogP contribution is 2.27. The van der Waals surface area contributed by atoms with E-state index < -0.39 is 27.0 Å². The van der Waals surface area contributed by atoms with Crippen molar-refractivity contribution in [3.63, 3.8) is 0 Å². The van der Waals surface area contributed by atoms with Gasteiger partial charge in [0.15, 0.2) is 9.84 Å². The van der Waals surface area contributed by atoms with E-state index in [-0.39, 0.29) is 4.90 Å². The maximum atomic E-state index is 12.1. The molecule has 0 saturated carbocycles. The minimum atomic E-state index is -3.61. The topological polar surface area (TPSA) is 71.4 Å². The lowest BCUT2D eigenvalue weighted by Crippen LogP contribution is -2.34. The van der Waals surface area contributed by atoms with Gasteiger partial charge in [-0.05, 0) is 26.0 Å². The van der Waals surface area contributed by atoms with Crippen molar-refractivity contribution in [1.82, 2.24) is 0 Å². The smallest absolute Gasteiger partial charge is 0.304 e. The first-order valence-corrected chi connectivity index (χ1v) is 6.27. The van der Waals surface area contributed by atoms with E-state index >= 15 is 0 Å². The van der Waals surface area contributed by atoms with Gasteiger partial charge in [-0.25, -0.2) is 8.42 Å². The Labute approximate surface area is 94.8 Å². The summed E-state index contributed by atoms with van der Waals surface area (Å²) in [4.78, 5) is 10.8. The second kappa shape index (κ2) is 4.25. The molecule has 0 fully saturated rings. The van der Waals surface area contributed by atoms with Gasteiger partial charge in [-0.15, -0.1) is 0 Å². The lowest BCUT2D eigenvalue weighted by Gasteiger charge is -2.22. The highest BCUT2D eigenvalue weighted by atomic mass is 32.2. The zero-order chi connectivity index (χ0) is 12.4. The van der Waals surface area contributed by atoms with E-state index in [0.717, 1.165) is 0 Å². The van der Waals surface area contributed by atoms with Gasteiger partial charge in [-0.3, -0.25) is 4.79 Å². The van der Waals surface area contributed by atoms with Crippen LogP contribution in [0.15, 0.2) is 35.2 Å². The lowest BCUT2D eigenvalue weighted by molar-refractivity contribution is -0.137. The maximum Gasteiger partial charge on any atom is 0.304 e. The monoisotopic (exact) mass is 242 g/mol. The third-order valence-corrected chi connectivity index (χ3v) is 4.85. The molecule has 0 aliphatic rings. The Hall–Kier alpha value is -1.36. The Morgan fingerprint density at radius 1 is 1.25 bits per heavy atom. The molecule has 0 spiro atoms. The van der Waals surface area contributed by atoms with Crippen LogP contribution in [0.2, 0.25) is 0 Å². The van der Waals surface area contributed by atoms with Crippen LogP contribution in [-0.2, 0) is 14.6 Å². The molecule has 0 heterocycles. The third-order valence-electron chi connectivity index (χ3n) is 2.36. The number of carboxylic acids is 1. The van der Waals surface area contributed by atoms with E-state index in [0.29, 0.717) is 0 Å². The predicted octanol–water partition coefficient (Wildman–Crippen LogP) is 1.71. The molecule has 1 rings (SSSR count). The summed E-state index contributed by atoms with van der Waals surface area (Å²) in [5.74, 6) is -1.12. The molecule has 0 bridgehead atoms. The number of hydrogen-bond donors (Lipinski definition) is 1. The van der Waals surface area contributed by atoms with Crippen molar-refractivity contribution in [2.24, 2.45) is 0 Å². The molecule has 88 valence electrons. The second-order valence-electron chi connectivity index (χ2n) is 4.15. The predicted molar refractivity (Wildman–Crippen MR) is 60.0 cm³/mol. The number of aliphatic carboxylic acids is 1. The third kappa shape index (κ3) is 2.41. The molecule has 0 aromatic heterocycles. The van der Waals surface area contributed by atoms with Crippen LogP contribution < -0.4 is 0 Å². The summed E-state index contributed by atoms with van der Waals surface area (Å²) in [5, 5.41) is 8.69. The van der Waals surface area contributed by atoms with E-state index in [4.69, 9.17) is 5.11 Å². The van der Waals surface area contributed by atoms with Gasteiger partial charge in [0.1, 0.15) is 0 Å². The molecule has 0 aliphatic carbocycles. The standard InChI is InChI=1S/C11H14O4S/c1-11(2,8-10(12)13)16(14,15)9-6-4-3-5-7-9/h3-7H,8H2,1-2H3,(H,12,13). The van der Waals surface area contributed by atoms with Crippen molar-refractivity contribution < 1.29 is 18.3 Å². The normalized spacial score (nSPS) is 12.4. The summed E-state index contributed by atoms with van der Waals surface area (Å²) in [7, 11) is -3.61. The molecular weight excluding hydrogens is 228 g/mol. The molecule has 1 aromatic rings. The molecule has 0 amide bonds. The van der Waals surface area contributed by atoms with Crippen molar-refractivity contribution in [3.8, 4) is 0 Å². The molecular formula is C11H14O4S. The quantitative estimate of drug-likeness (QED) is 0.872. The van der Waals surface area contributed by atoms with Crippen LogP contribution in [0.25, 0.3) is 0 Å². The highest BCUT2D eigenvalue weighted by molar-refractivity contribution is 7.92. The van der Waals surface area contributed by atoms with Gasteiger partial charge in [0.25, 0.3) is 0 Å². The SMILES string of the molecule is CC(C)(CC(=O)O)S(=O)(=O)c1ccccc1. The van der Waals surface area contributed by atoms with Crippen molar-refractivity contribution in [3.05, 3.63) is 30.3 Å². The van der Waals surface area contributed by atoms with Crippen molar-refractivity contribution in [2.45, 2.75) is 29.9 Å². The summed E-state index contributed by atoms with van der Waals surface area (Å²) in [6.45, 7) is 2.84. The molecule has 16 heavy (non-hydrogen) atoms. The van der Waals surface area contributed by atoms with E-state index in [1.165, 1.54) is 26.0 Å². The minimum absolute atomic E-state index is 0.154. The van der Waals surface area contributed by atoms with Crippen LogP contribution in [-0.4, -0.2) is 24.2 Å². The summed E-state index contributed by atoms with van der Waals surface area (Å²) >= 11 is 0. The maximum absolute atomic E-state index is 12.1. The van der Waals surface area contributed by atoms with E-state index in [2.05, 4.69) is 0 Å². The zero-order valence-electron chi connectivity index (χ0n) is 9.17. The fraction of sp³-hybridized carbons (Fsp3) is 0.364. The molecule has 5 heteroatoms. The fourth-order valence-corrected chi connectivity index (χ4v) is 2.84. The lowest BCUT2D eigenvalue weighted by atomic mass is 10.1. The zero-order valence-corrected chi connectivity index (χ0v) is 9.99. The average molecular weight is 242 g/mol. The second-order valence-corrected chi connectivity index (χ2v) is 6.73. The Balaban J connectivity index is 3.17. The van der Waals surface area contributed by atoms with Gasteiger partial charge < -0.3 is 5.11 Å². The largest absolute Gasteiger partial charge is 0.481 e. The van der Waals surface area contributed by atoms with E-state index in [1.807, 2.05) is 0 Å². The summed E-state index contributed by atoms with van der Waals surface area (Å²) in [6, 6.07) is 7.88. The van der Waals surface area contributed by atoms with Crippen molar-refractivity contribution >= 4 is 15.8 Å². The van der Waals surface area contributed by atoms with Crippen LogP contribution >= 0.6 is 0 Å². The first-order valence-electron chi connectivity index (χ1n) is 4.79. The molecule has 0 atom stereocenters. The van der Waals surface area contributed by atoms with Crippen LogP contribution in [0.4, 0.5) is 0 Å². The van der Waals surface area contributed by atoms with Gasteiger partial charge in [0, 0.05) is 0 Å². The van der Waals surface area contributed by atoms with Gasteiger partial charge in [0.2, 0.25) is 0 Å². The van der Waals surface area contributed by atoms with Crippen LogP contribution in [0.3, 0.4) is 0 Å². The summed E-state index contributed by atoms with van der Waals surface area (Å²) < 4.78 is 22.9. The first-order chi connectivity index (χ1) is 7.27. The molecule has 0 unspecified atom stereocenters. The first kappa shape index (κ1) is 12.7. The van der Waals surface area contributed by atoms with Crippen molar-refractivity contribution in [1.29, 1.82) is 0 Å². The molecule has 0 aliphatic heterocycles. The number of carboxylic acid groups (broad SMARTS) is 1. The molecule has 0 saturated heterocycles. The molecule has 1 aromatic carbocycles. The summed E-state index contributed by atoms with van der Waals surface area (Å²) in [5.41, 5.74) is 0. The average Bonchev–Trinajstić information content (AvgIpc) is 2.17. The molecule has 4 nitrogen and oxygen atoms in total. The van der Waals surface area contributed by atoms with Crippen LogP contribution in [0.5, 0.6) is 0 Å². The van der Waals surface area contributed by atoms with Crippen molar-refractivity contribution in [2.75, 3.05) is 0 Å². The minimum Gasteiger partial charge on any atom is -0.481 e. The van der Waals surface area contributed by atoms with Gasteiger partial charge in [-0.1, -0.05) is 18.2 Å². The molecule has 0 radical (unpaired) electrons. The van der Waals surface area contributed by atoms with E-state index in [9.17, 15) is 13.2 Å². The number of hydrogen-bond acceptors (Lipinski definition) is 3. The number of rotatable bonds is 4. The van der Waals surface area contributed by atoms with Crippen LogP contribution in [0, 0.1) is 0 Å². The van der Waals surface area contributed by atoms with Gasteiger partial charge >= 0.3 is 5.97 Å². The highest BCUT2D eigenvalue weighted by Gasteiger charge is 2.37. The number of benzene rings is 1. The Bertz CT molecular complexity index is 474. The Morgan fingerprint density at radius 3 is 2.19 bits per heavy atom. The number of sulfone groups is 1. The van der Waals surface area contributed by atoms with Crippen LogP contribution in [0.1, 0.15) is 20.3 Å². The molecule has 1 N–H and O–H groups in total. The van der Waals surface area contributed by atoms with Gasteiger partial charge in [0.05, 0.1) is 16.1 Å². The Kier molecular flexibility index (Phi) is 3.38. The Morgan fingerprint density at radius 2 is 1.75 bits per heavy atom. The van der Waals surface area contributed by atoms with Gasteiger partial charge in [-0.2, -0.15) is 0 Å².